The highest BCUT2D eigenvalue weighted by atomic mass is 16.2. The molecule has 1 saturated carbocycles. The van der Waals surface area contributed by atoms with Gasteiger partial charge in [-0.05, 0) is 52.0 Å². The first kappa shape index (κ1) is 26.1. The third-order valence-electron chi connectivity index (χ3n) is 7.92. The molecule has 2 heterocycles. The van der Waals surface area contributed by atoms with Crippen LogP contribution in [0.2, 0.25) is 0 Å². The number of amides is 3. The number of hydrogen-bond donors (Lipinski definition) is 3. The van der Waals surface area contributed by atoms with E-state index in [9.17, 15) is 14.4 Å². The van der Waals surface area contributed by atoms with Gasteiger partial charge in [0.25, 0.3) is 0 Å². The van der Waals surface area contributed by atoms with Crippen molar-refractivity contribution in [3.05, 3.63) is 36.2 Å². The summed E-state index contributed by atoms with van der Waals surface area (Å²) in [5.74, 6) is -0.277. The van der Waals surface area contributed by atoms with Crippen LogP contribution in [-0.2, 0) is 21.4 Å². The fourth-order valence-corrected chi connectivity index (χ4v) is 5.72. The third-order valence-corrected chi connectivity index (χ3v) is 7.92. The van der Waals surface area contributed by atoms with Crippen molar-refractivity contribution in [3.8, 4) is 0 Å². The molecule has 1 aliphatic heterocycles. The van der Waals surface area contributed by atoms with Gasteiger partial charge in [-0.1, -0.05) is 43.6 Å². The molecule has 196 valence electrons. The molecule has 1 saturated heterocycles. The number of carbonyl (C=O) groups is 3. The van der Waals surface area contributed by atoms with Crippen molar-refractivity contribution in [3.63, 3.8) is 0 Å². The normalized spacial score (nSPS) is 23.9. The Bertz CT molecular complexity index is 1010. The molecule has 9 nitrogen and oxygen atoms in total. The lowest BCUT2D eigenvalue weighted by Crippen LogP contribution is -2.57. The van der Waals surface area contributed by atoms with Crippen molar-refractivity contribution in [1.29, 1.82) is 0 Å². The summed E-state index contributed by atoms with van der Waals surface area (Å²) in [6.07, 6.45) is 17.3. The molecule has 4 atom stereocenters. The van der Waals surface area contributed by atoms with Crippen LogP contribution in [0, 0.1) is 5.92 Å². The number of aryl methyl sites for hydroxylation is 1. The number of hydrogen-bond acceptors (Lipinski definition) is 5. The molecule has 4 rings (SSSR count). The number of nitrogens with zero attached hydrogens (tertiary/aromatic N) is 3. The third kappa shape index (κ3) is 5.72. The minimum Gasteiger partial charge on any atom is -0.343 e. The van der Waals surface area contributed by atoms with Gasteiger partial charge in [0.2, 0.25) is 17.7 Å². The zero-order chi connectivity index (χ0) is 25.7. The van der Waals surface area contributed by atoms with Gasteiger partial charge in [-0.3, -0.25) is 19.1 Å². The SMILES string of the molecule is CN[C@@H](C)C(=O)NC(C(=O)N1CCC[C@H]1C(=O)Nc1cnn(C)c1C1C=CC=CC1)C1CCCCC1. The van der Waals surface area contributed by atoms with Crippen LogP contribution in [0.1, 0.15) is 69.9 Å². The maximum atomic E-state index is 13.9. The Hall–Kier alpha value is -2.94. The second kappa shape index (κ2) is 11.9. The van der Waals surface area contributed by atoms with E-state index in [4.69, 9.17) is 0 Å². The molecular weight excluding hydrogens is 456 g/mol. The van der Waals surface area contributed by atoms with Gasteiger partial charge in [-0.2, -0.15) is 5.10 Å². The maximum absolute atomic E-state index is 13.9. The molecule has 3 amide bonds. The van der Waals surface area contributed by atoms with Gasteiger partial charge in [0.05, 0.1) is 23.6 Å². The van der Waals surface area contributed by atoms with E-state index in [1.54, 1.807) is 29.7 Å². The van der Waals surface area contributed by atoms with Gasteiger partial charge >= 0.3 is 0 Å². The summed E-state index contributed by atoms with van der Waals surface area (Å²) in [6.45, 7) is 2.31. The molecule has 9 heteroatoms. The van der Waals surface area contributed by atoms with Gasteiger partial charge in [0.1, 0.15) is 12.1 Å². The van der Waals surface area contributed by atoms with Crippen LogP contribution in [0.4, 0.5) is 5.69 Å². The largest absolute Gasteiger partial charge is 0.343 e. The molecule has 1 aromatic heterocycles. The molecule has 2 fully saturated rings. The van der Waals surface area contributed by atoms with E-state index in [2.05, 4.69) is 33.2 Å². The predicted octanol–water partition coefficient (Wildman–Crippen LogP) is 2.62. The second-order valence-electron chi connectivity index (χ2n) is 10.3. The molecule has 2 aliphatic carbocycles. The molecule has 0 radical (unpaired) electrons. The monoisotopic (exact) mass is 496 g/mol. The number of likely N-dealkylation sites (tertiary alicyclic amines) is 1. The van der Waals surface area contributed by atoms with Crippen LogP contribution in [0.5, 0.6) is 0 Å². The predicted molar refractivity (Wildman–Crippen MR) is 139 cm³/mol. The average Bonchev–Trinajstić information content (AvgIpc) is 3.54. The highest BCUT2D eigenvalue weighted by molar-refractivity contribution is 5.99. The van der Waals surface area contributed by atoms with Crippen LogP contribution >= 0.6 is 0 Å². The molecule has 1 aromatic rings. The number of allylic oxidation sites excluding steroid dienone is 4. The number of carbonyl (C=O) groups excluding carboxylic acids is 3. The number of nitrogens with one attached hydrogen (secondary N) is 3. The first-order valence-electron chi connectivity index (χ1n) is 13.3. The van der Waals surface area contributed by atoms with Gasteiger partial charge < -0.3 is 20.9 Å². The Labute approximate surface area is 213 Å². The lowest BCUT2D eigenvalue weighted by atomic mass is 9.83. The summed E-state index contributed by atoms with van der Waals surface area (Å²) < 4.78 is 1.80. The fraction of sp³-hybridized carbons (Fsp3) is 0.630. The Kier molecular flexibility index (Phi) is 8.61. The summed E-state index contributed by atoms with van der Waals surface area (Å²) in [5, 5.41) is 13.4. The molecule has 0 spiro atoms. The summed E-state index contributed by atoms with van der Waals surface area (Å²) in [6, 6.07) is -1.55. The van der Waals surface area contributed by atoms with Gasteiger partial charge in [0.15, 0.2) is 0 Å². The topological polar surface area (TPSA) is 108 Å². The van der Waals surface area contributed by atoms with Crippen molar-refractivity contribution in [2.45, 2.75) is 82.3 Å². The molecule has 36 heavy (non-hydrogen) atoms. The van der Waals surface area contributed by atoms with Crippen LogP contribution in [-0.4, -0.2) is 64.1 Å². The van der Waals surface area contributed by atoms with Gasteiger partial charge in [-0.25, -0.2) is 0 Å². The number of likely N-dealkylation sites (N-methyl/N-ethyl adjacent to an activating group) is 1. The zero-order valence-electron chi connectivity index (χ0n) is 21.7. The van der Waals surface area contributed by atoms with E-state index < -0.39 is 18.1 Å². The Morgan fingerprint density at radius 2 is 1.86 bits per heavy atom. The molecule has 0 bridgehead atoms. The van der Waals surface area contributed by atoms with E-state index in [-0.39, 0.29) is 29.6 Å². The van der Waals surface area contributed by atoms with Gasteiger partial charge in [0, 0.05) is 19.5 Å². The summed E-state index contributed by atoms with van der Waals surface area (Å²) in [4.78, 5) is 41.8. The minimum atomic E-state index is -0.602. The van der Waals surface area contributed by atoms with Crippen molar-refractivity contribution >= 4 is 23.4 Å². The minimum absolute atomic E-state index is 0.0969. The van der Waals surface area contributed by atoms with E-state index in [1.165, 1.54) is 0 Å². The lowest BCUT2D eigenvalue weighted by molar-refractivity contribution is -0.142. The number of rotatable bonds is 8. The van der Waals surface area contributed by atoms with E-state index in [1.807, 2.05) is 19.2 Å². The number of aromatic nitrogens is 2. The summed E-state index contributed by atoms with van der Waals surface area (Å²) in [5.41, 5.74) is 1.64. The Morgan fingerprint density at radius 1 is 1.08 bits per heavy atom. The average molecular weight is 497 g/mol. The zero-order valence-corrected chi connectivity index (χ0v) is 21.7. The highest BCUT2D eigenvalue weighted by Gasteiger charge is 2.41. The van der Waals surface area contributed by atoms with Crippen LogP contribution in [0.25, 0.3) is 0 Å². The lowest BCUT2D eigenvalue weighted by Gasteiger charge is -2.35. The summed E-state index contributed by atoms with van der Waals surface area (Å²) in [7, 11) is 3.61. The summed E-state index contributed by atoms with van der Waals surface area (Å²) >= 11 is 0. The fourth-order valence-electron chi connectivity index (χ4n) is 5.72. The Morgan fingerprint density at radius 3 is 2.56 bits per heavy atom. The quantitative estimate of drug-likeness (QED) is 0.513. The first-order chi connectivity index (χ1) is 17.4. The molecule has 2 unspecified atom stereocenters. The number of anilines is 1. The van der Waals surface area contributed by atoms with E-state index in [0.717, 1.165) is 50.6 Å². The Balaban J connectivity index is 1.50. The van der Waals surface area contributed by atoms with Crippen molar-refractivity contribution in [1.82, 2.24) is 25.3 Å². The molecule has 3 N–H and O–H groups in total. The van der Waals surface area contributed by atoms with Crippen LogP contribution < -0.4 is 16.0 Å². The maximum Gasteiger partial charge on any atom is 0.247 e. The highest BCUT2D eigenvalue weighted by Crippen LogP contribution is 2.32. The molecule has 3 aliphatic rings. The molecular formula is C27H40N6O3. The standard InChI is InChI=1S/C27H40N6O3/c1-18(28-2)25(34)31-23(19-11-6-4-7-12-19)27(36)33-16-10-15-22(33)26(35)30-21-17-29-32(3)24(21)20-13-8-5-9-14-20/h5,8-9,13,17-20,22-23,28H,4,6-7,10-12,14-16H2,1-3H3,(H,30,35)(H,31,34)/t18-,20?,22-,23?/m0/s1. The first-order valence-corrected chi connectivity index (χ1v) is 13.3. The van der Waals surface area contributed by atoms with Gasteiger partial charge in [-0.15, -0.1) is 0 Å². The second-order valence-corrected chi connectivity index (χ2v) is 10.3. The van der Waals surface area contributed by atoms with Crippen molar-refractivity contribution in [2.24, 2.45) is 13.0 Å². The van der Waals surface area contributed by atoms with E-state index in [0.29, 0.717) is 18.7 Å². The molecule has 0 aromatic carbocycles. The van der Waals surface area contributed by atoms with Crippen LogP contribution in [0.3, 0.4) is 0 Å². The van der Waals surface area contributed by atoms with Crippen molar-refractivity contribution < 1.29 is 14.4 Å². The smallest absolute Gasteiger partial charge is 0.247 e. The van der Waals surface area contributed by atoms with Crippen molar-refractivity contribution in [2.75, 3.05) is 18.9 Å². The van der Waals surface area contributed by atoms with Crippen LogP contribution in [0.15, 0.2) is 30.5 Å². The van der Waals surface area contributed by atoms with E-state index >= 15 is 0 Å².